The van der Waals surface area contributed by atoms with Crippen LogP contribution in [0.2, 0.25) is 0 Å². The second-order valence-corrected chi connectivity index (χ2v) is 5.29. The van der Waals surface area contributed by atoms with Crippen LogP contribution in [-0.4, -0.2) is 18.0 Å². The van der Waals surface area contributed by atoms with Gasteiger partial charge in [0.2, 0.25) is 0 Å². The van der Waals surface area contributed by atoms with Gasteiger partial charge in [-0.15, -0.1) is 0 Å². The van der Waals surface area contributed by atoms with E-state index in [1.165, 1.54) is 6.26 Å². The van der Waals surface area contributed by atoms with Crippen LogP contribution in [0, 0.1) is 6.92 Å². The van der Waals surface area contributed by atoms with Crippen molar-refractivity contribution in [1.29, 1.82) is 0 Å². The van der Waals surface area contributed by atoms with Gasteiger partial charge >= 0.3 is 6.03 Å². The predicted octanol–water partition coefficient (Wildman–Crippen LogP) is 3.12. The van der Waals surface area contributed by atoms with E-state index in [4.69, 9.17) is 4.42 Å². The SMILES string of the molecule is Cc1occc1C(=O)Nc1ccc(NC(=O)NC2CC2)cc1. The predicted molar refractivity (Wildman–Crippen MR) is 83.0 cm³/mol. The summed E-state index contributed by atoms with van der Waals surface area (Å²) in [6.45, 7) is 1.74. The molecule has 0 unspecified atom stereocenters. The maximum Gasteiger partial charge on any atom is 0.319 e. The molecule has 0 spiro atoms. The van der Waals surface area contributed by atoms with Crippen LogP contribution in [-0.2, 0) is 0 Å². The van der Waals surface area contributed by atoms with Gasteiger partial charge in [-0.3, -0.25) is 4.79 Å². The van der Waals surface area contributed by atoms with E-state index in [-0.39, 0.29) is 11.9 Å². The number of amides is 3. The van der Waals surface area contributed by atoms with Crippen molar-refractivity contribution in [3.63, 3.8) is 0 Å². The molecule has 3 rings (SSSR count). The molecule has 0 bridgehead atoms. The fourth-order valence-electron chi connectivity index (χ4n) is 2.04. The van der Waals surface area contributed by atoms with Crippen molar-refractivity contribution in [1.82, 2.24) is 5.32 Å². The maximum absolute atomic E-state index is 12.0. The number of hydrogen-bond donors (Lipinski definition) is 3. The molecule has 1 saturated carbocycles. The lowest BCUT2D eigenvalue weighted by Crippen LogP contribution is -2.30. The minimum absolute atomic E-state index is 0.201. The first kappa shape index (κ1) is 14.2. The van der Waals surface area contributed by atoms with Gasteiger partial charge in [0.15, 0.2) is 0 Å². The largest absolute Gasteiger partial charge is 0.469 e. The van der Waals surface area contributed by atoms with Gasteiger partial charge in [-0.05, 0) is 50.1 Å². The molecule has 1 heterocycles. The molecule has 0 radical (unpaired) electrons. The van der Waals surface area contributed by atoms with E-state index >= 15 is 0 Å². The van der Waals surface area contributed by atoms with E-state index in [0.717, 1.165) is 12.8 Å². The lowest BCUT2D eigenvalue weighted by Gasteiger charge is -2.08. The number of furan rings is 1. The Bertz CT molecular complexity index is 687. The fraction of sp³-hybridized carbons (Fsp3) is 0.250. The first-order chi connectivity index (χ1) is 10.6. The van der Waals surface area contributed by atoms with Crippen LogP contribution >= 0.6 is 0 Å². The summed E-state index contributed by atoms with van der Waals surface area (Å²) in [5.41, 5.74) is 1.83. The second kappa shape index (κ2) is 5.93. The molecule has 22 heavy (non-hydrogen) atoms. The first-order valence-electron chi connectivity index (χ1n) is 7.15. The summed E-state index contributed by atoms with van der Waals surface area (Å²) < 4.78 is 5.11. The molecule has 2 aromatic rings. The molecule has 1 fully saturated rings. The number of nitrogens with one attached hydrogen (secondary N) is 3. The summed E-state index contributed by atoms with van der Waals surface area (Å²) in [6, 6.07) is 8.70. The number of anilines is 2. The van der Waals surface area contributed by atoms with E-state index < -0.39 is 0 Å². The molecular formula is C16H17N3O3. The molecule has 0 aliphatic heterocycles. The van der Waals surface area contributed by atoms with Gasteiger partial charge in [-0.25, -0.2) is 4.79 Å². The molecule has 1 aliphatic rings. The second-order valence-electron chi connectivity index (χ2n) is 5.29. The van der Waals surface area contributed by atoms with Crippen molar-refractivity contribution in [2.75, 3.05) is 10.6 Å². The third kappa shape index (κ3) is 3.46. The molecule has 0 saturated heterocycles. The Morgan fingerprint density at radius 2 is 1.68 bits per heavy atom. The van der Waals surface area contributed by atoms with Gasteiger partial charge in [0.05, 0.1) is 11.8 Å². The Labute approximate surface area is 127 Å². The minimum atomic E-state index is -0.224. The molecule has 6 nitrogen and oxygen atoms in total. The first-order valence-corrected chi connectivity index (χ1v) is 7.15. The minimum Gasteiger partial charge on any atom is -0.469 e. The Morgan fingerprint density at radius 1 is 1.05 bits per heavy atom. The topological polar surface area (TPSA) is 83.4 Å². The molecule has 3 amide bonds. The van der Waals surface area contributed by atoms with Crippen molar-refractivity contribution in [2.45, 2.75) is 25.8 Å². The van der Waals surface area contributed by atoms with E-state index in [1.807, 2.05) is 0 Å². The van der Waals surface area contributed by atoms with Gasteiger partial charge in [0, 0.05) is 17.4 Å². The van der Waals surface area contributed by atoms with Crippen LogP contribution < -0.4 is 16.0 Å². The van der Waals surface area contributed by atoms with Crippen molar-refractivity contribution < 1.29 is 14.0 Å². The lowest BCUT2D eigenvalue weighted by molar-refractivity contribution is 0.102. The monoisotopic (exact) mass is 299 g/mol. The molecule has 3 N–H and O–H groups in total. The molecular weight excluding hydrogens is 282 g/mol. The number of carbonyl (C=O) groups is 2. The highest BCUT2D eigenvalue weighted by molar-refractivity contribution is 6.05. The van der Waals surface area contributed by atoms with Crippen molar-refractivity contribution in [3.05, 3.63) is 47.9 Å². The number of carbonyl (C=O) groups excluding carboxylic acids is 2. The number of hydrogen-bond acceptors (Lipinski definition) is 3. The summed E-state index contributed by atoms with van der Waals surface area (Å²) in [6.07, 6.45) is 3.58. The summed E-state index contributed by atoms with van der Waals surface area (Å²) in [7, 11) is 0. The average Bonchev–Trinajstić information content (AvgIpc) is 3.19. The van der Waals surface area contributed by atoms with Gasteiger partial charge in [-0.2, -0.15) is 0 Å². The van der Waals surface area contributed by atoms with E-state index in [9.17, 15) is 9.59 Å². The molecule has 1 aromatic carbocycles. The van der Waals surface area contributed by atoms with Crippen LogP contribution in [0.25, 0.3) is 0 Å². The van der Waals surface area contributed by atoms with Gasteiger partial charge < -0.3 is 20.4 Å². The zero-order valence-electron chi connectivity index (χ0n) is 12.2. The maximum atomic E-state index is 12.0. The van der Waals surface area contributed by atoms with Gasteiger partial charge in [0.1, 0.15) is 5.76 Å². The lowest BCUT2D eigenvalue weighted by atomic mass is 10.2. The highest BCUT2D eigenvalue weighted by atomic mass is 16.3. The van der Waals surface area contributed by atoms with Gasteiger partial charge in [-0.1, -0.05) is 0 Å². The molecule has 1 aliphatic carbocycles. The molecule has 6 heteroatoms. The number of aryl methyl sites for hydroxylation is 1. The summed E-state index contributed by atoms with van der Waals surface area (Å²) in [5, 5.41) is 8.38. The van der Waals surface area contributed by atoms with Crippen LogP contribution in [0.5, 0.6) is 0 Å². The van der Waals surface area contributed by atoms with Crippen LogP contribution in [0.4, 0.5) is 16.2 Å². The van der Waals surface area contributed by atoms with Gasteiger partial charge in [0.25, 0.3) is 5.91 Å². The standard InChI is InChI=1S/C16H17N3O3/c1-10-14(8-9-22-10)15(20)17-11-2-4-12(5-3-11)18-16(21)19-13-6-7-13/h2-5,8-9,13H,6-7H2,1H3,(H,17,20)(H2,18,19,21). The fourth-order valence-corrected chi connectivity index (χ4v) is 2.04. The van der Waals surface area contributed by atoms with Crippen molar-refractivity contribution in [3.8, 4) is 0 Å². The number of rotatable bonds is 4. The zero-order valence-corrected chi connectivity index (χ0v) is 12.2. The average molecular weight is 299 g/mol. The van der Waals surface area contributed by atoms with Crippen LogP contribution in [0.1, 0.15) is 29.0 Å². The molecule has 114 valence electrons. The van der Waals surface area contributed by atoms with Crippen molar-refractivity contribution >= 4 is 23.3 Å². The Hall–Kier alpha value is -2.76. The summed E-state index contributed by atoms with van der Waals surface area (Å²) in [5.74, 6) is 0.353. The molecule has 0 atom stereocenters. The normalized spacial score (nSPS) is 13.5. The summed E-state index contributed by atoms with van der Waals surface area (Å²) >= 11 is 0. The highest BCUT2D eigenvalue weighted by Gasteiger charge is 2.23. The Morgan fingerprint density at radius 3 is 2.23 bits per heavy atom. The van der Waals surface area contributed by atoms with E-state index in [2.05, 4.69) is 16.0 Å². The van der Waals surface area contributed by atoms with Crippen LogP contribution in [0.3, 0.4) is 0 Å². The zero-order chi connectivity index (χ0) is 15.5. The summed E-state index contributed by atoms with van der Waals surface area (Å²) in [4.78, 5) is 23.7. The van der Waals surface area contributed by atoms with Crippen LogP contribution in [0.15, 0.2) is 41.0 Å². The number of benzene rings is 1. The van der Waals surface area contributed by atoms with Crippen molar-refractivity contribution in [2.24, 2.45) is 0 Å². The van der Waals surface area contributed by atoms with E-state index in [1.54, 1.807) is 37.3 Å². The van der Waals surface area contributed by atoms with E-state index in [0.29, 0.717) is 28.7 Å². The highest BCUT2D eigenvalue weighted by Crippen LogP contribution is 2.19. The molecule has 1 aromatic heterocycles. The Kier molecular flexibility index (Phi) is 3.82. The quantitative estimate of drug-likeness (QED) is 0.811. The third-order valence-electron chi connectivity index (χ3n) is 3.42. The Balaban J connectivity index is 1.58. The third-order valence-corrected chi connectivity index (χ3v) is 3.42. The smallest absolute Gasteiger partial charge is 0.319 e. The number of urea groups is 1.